The molecule has 20 heavy (non-hydrogen) atoms. The molecule has 1 aliphatic carbocycles. The SMILES string of the molecule is CC1CCC(Oc2ncccc2CNC(C)(C)C)CC1. The van der Waals surface area contributed by atoms with Crippen molar-refractivity contribution in [3.63, 3.8) is 0 Å². The highest BCUT2D eigenvalue weighted by molar-refractivity contribution is 5.25. The molecular weight excluding hydrogens is 248 g/mol. The minimum absolute atomic E-state index is 0.105. The number of ether oxygens (including phenoxy) is 1. The second-order valence-corrected chi connectivity index (χ2v) is 7.07. The molecule has 0 radical (unpaired) electrons. The molecule has 1 aliphatic rings. The van der Waals surface area contributed by atoms with Crippen LogP contribution < -0.4 is 10.1 Å². The second kappa shape index (κ2) is 6.57. The lowest BCUT2D eigenvalue weighted by molar-refractivity contribution is 0.128. The van der Waals surface area contributed by atoms with Crippen molar-refractivity contribution < 1.29 is 4.74 Å². The van der Waals surface area contributed by atoms with Gasteiger partial charge in [-0.15, -0.1) is 0 Å². The van der Waals surface area contributed by atoms with Gasteiger partial charge in [0.15, 0.2) is 0 Å². The maximum absolute atomic E-state index is 6.15. The van der Waals surface area contributed by atoms with Crippen LogP contribution in [-0.4, -0.2) is 16.6 Å². The average Bonchev–Trinajstić information content (AvgIpc) is 2.39. The van der Waals surface area contributed by atoms with Crippen LogP contribution in [0.4, 0.5) is 0 Å². The Hall–Kier alpha value is -1.09. The minimum Gasteiger partial charge on any atom is -0.474 e. The predicted molar refractivity (Wildman–Crippen MR) is 82.9 cm³/mol. The zero-order valence-corrected chi connectivity index (χ0v) is 13.3. The molecular formula is C17H28N2O. The summed E-state index contributed by atoms with van der Waals surface area (Å²) in [5.74, 6) is 1.66. The van der Waals surface area contributed by atoms with E-state index in [0.29, 0.717) is 6.10 Å². The molecule has 3 nitrogen and oxygen atoms in total. The summed E-state index contributed by atoms with van der Waals surface area (Å²) in [7, 11) is 0. The highest BCUT2D eigenvalue weighted by Gasteiger charge is 2.21. The third-order valence-corrected chi connectivity index (χ3v) is 3.90. The van der Waals surface area contributed by atoms with Crippen LogP contribution in [0.2, 0.25) is 0 Å². The molecule has 1 heterocycles. The maximum Gasteiger partial charge on any atom is 0.218 e. The average molecular weight is 276 g/mol. The molecule has 1 fully saturated rings. The van der Waals surface area contributed by atoms with Crippen molar-refractivity contribution in [2.24, 2.45) is 5.92 Å². The third-order valence-electron chi connectivity index (χ3n) is 3.90. The van der Waals surface area contributed by atoms with E-state index in [2.05, 4.69) is 44.1 Å². The molecule has 0 aromatic carbocycles. The van der Waals surface area contributed by atoms with E-state index in [-0.39, 0.29) is 5.54 Å². The topological polar surface area (TPSA) is 34.1 Å². The summed E-state index contributed by atoms with van der Waals surface area (Å²) >= 11 is 0. The van der Waals surface area contributed by atoms with E-state index in [1.807, 2.05) is 12.3 Å². The van der Waals surface area contributed by atoms with Crippen LogP contribution in [0.25, 0.3) is 0 Å². The van der Waals surface area contributed by atoms with Gasteiger partial charge in [0.05, 0.1) is 0 Å². The Labute approximate surface area is 123 Å². The molecule has 0 atom stereocenters. The first-order valence-corrected chi connectivity index (χ1v) is 7.79. The van der Waals surface area contributed by atoms with Gasteiger partial charge in [-0.05, 0) is 58.4 Å². The molecule has 0 saturated heterocycles. The van der Waals surface area contributed by atoms with Gasteiger partial charge in [0.2, 0.25) is 5.88 Å². The van der Waals surface area contributed by atoms with Crippen molar-refractivity contribution in [1.29, 1.82) is 0 Å². The van der Waals surface area contributed by atoms with Crippen LogP contribution in [0.3, 0.4) is 0 Å². The molecule has 1 N–H and O–H groups in total. The van der Waals surface area contributed by atoms with Crippen molar-refractivity contribution in [3.8, 4) is 5.88 Å². The zero-order valence-electron chi connectivity index (χ0n) is 13.3. The highest BCUT2D eigenvalue weighted by atomic mass is 16.5. The number of nitrogens with one attached hydrogen (secondary N) is 1. The molecule has 0 bridgehead atoms. The summed E-state index contributed by atoms with van der Waals surface area (Å²) in [6, 6.07) is 4.09. The van der Waals surface area contributed by atoms with Gasteiger partial charge in [-0.2, -0.15) is 0 Å². The number of pyridine rings is 1. The van der Waals surface area contributed by atoms with Crippen LogP contribution in [0.15, 0.2) is 18.3 Å². The van der Waals surface area contributed by atoms with Crippen molar-refractivity contribution in [2.45, 2.75) is 71.6 Å². The summed E-state index contributed by atoms with van der Waals surface area (Å²) in [4.78, 5) is 4.43. The van der Waals surface area contributed by atoms with E-state index < -0.39 is 0 Å². The van der Waals surface area contributed by atoms with E-state index in [1.165, 1.54) is 12.8 Å². The Morgan fingerprint density at radius 2 is 1.95 bits per heavy atom. The number of hydrogen-bond acceptors (Lipinski definition) is 3. The molecule has 0 unspecified atom stereocenters. The Kier molecular flexibility index (Phi) is 5.03. The number of rotatable bonds is 4. The van der Waals surface area contributed by atoms with Crippen molar-refractivity contribution >= 4 is 0 Å². The van der Waals surface area contributed by atoms with Gasteiger partial charge in [-0.3, -0.25) is 0 Å². The van der Waals surface area contributed by atoms with E-state index in [4.69, 9.17) is 4.74 Å². The summed E-state index contributed by atoms with van der Waals surface area (Å²) in [5.41, 5.74) is 1.26. The van der Waals surface area contributed by atoms with Gasteiger partial charge >= 0.3 is 0 Å². The van der Waals surface area contributed by atoms with E-state index in [0.717, 1.165) is 36.7 Å². The van der Waals surface area contributed by atoms with Crippen molar-refractivity contribution in [1.82, 2.24) is 10.3 Å². The normalized spacial score (nSPS) is 23.6. The second-order valence-electron chi connectivity index (χ2n) is 7.07. The zero-order chi connectivity index (χ0) is 14.6. The Morgan fingerprint density at radius 1 is 1.25 bits per heavy atom. The first kappa shape index (κ1) is 15.3. The van der Waals surface area contributed by atoms with Crippen molar-refractivity contribution in [3.05, 3.63) is 23.9 Å². The monoisotopic (exact) mass is 276 g/mol. The first-order valence-electron chi connectivity index (χ1n) is 7.79. The van der Waals surface area contributed by atoms with Crippen LogP contribution >= 0.6 is 0 Å². The fourth-order valence-electron chi connectivity index (χ4n) is 2.53. The first-order chi connectivity index (χ1) is 9.44. The molecule has 112 valence electrons. The smallest absolute Gasteiger partial charge is 0.218 e. The van der Waals surface area contributed by atoms with E-state index in [9.17, 15) is 0 Å². The van der Waals surface area contributed by atoms with Crippen molar-refractivity contribution in [2.75, 3.05) is 0 Å². The van der Waals surface area contributed by atoms with Gasteiger partial charge in [0.1, 0.15) is 6.10 Å². The number of aromatic nitrogens is 1. The molecule has 1 aromatic heterocycles. The Bertz CT molecular complexity index is 417. The molecule has 0 aliphatic heterocycles. The van der Waals surface area contributed by atoms with Crippen LogP contribution in [0.1, 0.15) is 58.9 Å². The molecule has 1 aromatic rings. The standard InChI is InChI=1S/C17H28N2O/c1-13-7-9-15(10-8-13)20-16-14(6-5-11-18-16)12-19-17(2,3)4/h5-6,11,13,15,19H,7-10,12H2,1-4H3. The number of hydrogen-bond donors (Lipinski definition) is 1. The molecule has 1 saturated carbocycles. The lowest BCUT2D eigenvalue weighted by Gasteiger charge is -2.27. The van der Waals surface area contributed by atoms with Gasteiger partial charge in [0, 0.05) is 23.8 Å². The van der Waals surface area contributed by atoms with Gasteiger partial charge in [0.25, 0.3) is 0 Å². The van der Waals surface area contributed by atoms with Crippen LogP contribution in [-0.2, 0) is 6.54 Å². The van der Waals surface area contributed by atoms with Crippen LogP contribution in [0.5, 0.6) is 5.88 Å². The number of nitrogens with zero attached hydrogens (tertiary/aromatic N) is 1. The van der Waals surface area contributed by atoms with Gasteiger partial charge in [-0.1, -0.05) is 13.0 Å². The summed E-state index contributed by atoms with van der Waals surface area (Å²) < 4.78 is 6.15. The summed E-state index contributed by atoms with van der Waals surface area (Å²) in [6.45, 7) is 9.65. The van der Waals surface area contributed by atoms with Gasteiger partial charge in [-0.25, -0.2) is 4.98 Å². The lowest BCUT2D eigenvalue weighted by Crippen LogP contribution is -2.35. The van der Waals surface area contributed by atoms with Crippen LogP contribution in [0, 0.1) is 5.92 Å². The summed E-state index contributed by atoms with van der Waals surface area (Å²) in [5, 5.41) is 3.50. The Morgan fingerprint density at radius 3 is 2.60 bits per heavy atom. The van der Waals surface area contributed by atoms with E-state index >= 15 is 0 Å². The fraction of sp³-hybridized carbons (Fsp3) is 0.706. The highest BCUT2D eigenvalue weighted by Crippen LogP contribution is 2.27. The fourth-order valence-corrected chi connectivity index (χ4v) is 2.53. The molecule has 3 heteroatoms. The van der Waals surface area contributed by atoms with E-state index in [1.54, 1.807) is 0 Å². The third kappa shape index (κ3) is 4.78. The quantitative estimate of drug-likeness (QED) is 0.905. The molecule has 2 rings (SSSR count). The predicted octanol–water partition coefficient (Wildman–Crippen LogP) is 3.93. The Balaban J connectivity index is 1.97. The lowest BCUT2D eigenvalue weighted by atomic mass is 9.89. The summed E-state index contributed by atoms with van der Waals surface area (Å²) in [6.07, 6.45) is 7.02. The largest absolute Gasteiger partial charge is 0.474 e. The van der Waals surface area contributed by atoms with Gasteiger partial charge < -0.3 is 10.1 Å². The minimum atomic E-state index is 0.105. The molecule has 0 amide bonds. The molecule has 0 spiro atoms. The maximum atomic E-state index is 6.15.